The maximum absolute atomic E-state index is 9.03. The van der Waals surface area contributed by atoms with Gasteiger partial charge in [0.25, 0.3) is 0 Å². The third kappa shape index (κ3) is 2.38. The number of benzene rings is 1. The number of nitriles is 1. The summed E-state index contributed by atoms with van der Waals surface area (Å²) in [7, 11) is 0. The Hall–Kier alpha value is -2.21. The van der Waals surface area contributed by atoms with Crippen LogP contribution in [0.5, 0.6) is 0 Å². The second-order valence-electron chi connectivity index (χ2n) is 4.80. The quantitative estimate of drug-likeness (QED) is 0.891. The predicted molar refractivity (Wildman–Crippen MR) is 71.8 cm³/mol. The lowest BCUT2D eigenvalue weighted by Crippen LogP contribution is -1.93. The standard InChI is InChI=1S/C15H16N2O/c1-10(2)7-11-3-5-12(6-4-11)14-9-18-15(17)13(14)8-16/h3-6,9-10H,7,17H2,1-2H3. The SMILES string of the molecule is CC(C)Cc1ccc(-c2coc(N)c2C#N)cc1. The van der Waals surface area contributed by atoms with E-state index < -0.39 is 0 Å². The highest BCUT2D eigenvalue weighted by atomic mass is 16.3. The molecule has 1 aromatic heterocycles. The summed E-state index contributed by atoms with van der Waals surface area (Å²) in [5.74, 6) is 0.814. The zero-order chi connectivity index (χ0) is 13.1. The molecule has 1 heterocycles. The van der Waals surface area contributed by atoms with E-state index in [-0.39, 0.29) is 5.88 Å². The lowest BCUT2D eigenvalue weighted by Gasteiger charge is -2.05. The Morgan fingerprint density at radius 3 is 2.50 bits per heavy atom. The molecule has 3 heteroatoms. The van der Waals surface area contributed by atoms with Crippen LogP contribution in [0.1, 0.15) is 25.0 Å². The van der Waals surface area contributed by atoms with Gasteiger partial charge in [-0.05, 0) is 23.5 Å². The number of hydrogen-bond acceptors (Lipinski definition) is 3. The number of furan rings is 1. The molecule has 3 nitrogen and oxygen atoms in total. The van der Waals surface area contributed by atoms with E-state index in [2.05, 4.69) is 32.0 Å². The van der Waals surface area contributed by atoms with Crippen LogP contribution in [0, 0.1) is 17.2 Å². The molecular formula is C15H16N2O. The molecule has 92 valence electrons. The summed E-state index contributed by atoms with van der Waals surface area (Å²) in [6, 6.07) is 10.2. The van der Waals surface area contributed by atoms with Gasteiger partial charge >= 0.3 is 0 Å². The summed E-state index contributed by atoms with van der Waals surface area (Å²) in [5.41, 5.74) is 9.01. The second kappa shape index (κ2) is 4.97. The van der Waals surface area contributed by atoms with Crippen LogP contribution >= 0.6 is 0 Å². The van der Waals surface area contributed by atoms with E-state index in [0.717, 1.165) is 17.5 Å². The number of hydrogen-bond donors (Lipinski definition) is 1. The molecule has 1 aromatic carbocycles. The maximum Gasteiger partial charge on any atom is 0.208 e. The maximum atomic E-state index is 9.03. The van der Waals surface area contributed by atoms with Crippen molar-refractivity contribution in [2.24, 2.45) is 5.92 Å². The van der Waals surface area contributed by atoms with Gasteiger partial charge in [-0.3, -0.25) is 0 Å². The molecule has 2 N–H and O–H groups in total. The Morgan fingerprint density at radius 2 is 1.94 bits per heavy atom. The first kappa shape index (κ1) is 12.3. The van der Waals surface area contributed by atoms with Gasteiger partial charge in [0.05, 0.1) is 0 Å². The van der Waals surface area contributed by atoms with Crippen molar-refractivity contribution in [2.45, 2.75) is 20.3 Å². The molecule has 0 aliphatic rings. The summed E-state index contributed by atoms with van der Waals surface area (Å²) in [5, 5.41) is 9.03. The van der Waals surface area contributed by atoms with E-state index in [1.165, 1.54) is 11.8 Å². The zero-order valence-electron chi connectivity index (χ0n) is 10.6. The highest BCUT2D eigenvalue weighted by Gasteiger charge is 2.12. The van der Waals surface area contributed by atoms with Crippen molar-refractivity contribution in [1.82, 2.24) is 0 Å². The summed E-state index contributed by atoms with van der Waals surface area (Å²) >= 11 is 0. The number of anilines is 1. The topological polar surface area (TPSA) is 62.9 Å². The number of nitrogen functional groups attached to an aromatic ring is 1. The van der Waals surface area contributed by atoms with Gasteiger partial charge in [-0.25, -0.2) is 0 Å². The van der Waals surface area contributed by atoms with Crippen molar-refractivity contribution in [3.8, 4) is 17.2 Å². The minimum atomic E-state index is 0.179. The van der Waals surface area contributed by atoms with Gasteiger partial charge < -0.3 is 10.2 Å². The Bertz CT molecular complexity index is 574. The van der Waals surface area contributed by atoms with Crippen molar-refractivity contribution < 1.29 is 4.42 Å². The predicted octanol–water partition coefficient (Wildman–Crippen LogP) is 3.60. The van der Waals surface area contributed by atoms with Gasteiger partial charge in [0.15, 0.2) is 0 Å². The molecule has 0 amide bonds. The number of rotatable bonds is 3. The van der Waals surface area contributed by atoms with Crippen molar-refractivity contribution in [1.29, 1.82) is 5.26 Å². The Balaban J connectivity index is 2.32. The molecule has 0 spiro atoms. The van der Waals surface area contributed by atoms with Crippen LogP contribution in [0.3, 0.4) is 0 Å². The minimum Gasteiger partial charge on any atom is -0.447 e. The molecule has 0 aliphatic heterocycles. The average Bonchev–Trinajstić information content (AvgIpc) is 2.70. The van der Waals surface area contributed by atoms with Gasteiger partial charge in [-0.1, -0.05) is 38.1 Å². The van der Waals surface area contributed by atoms with Gasteiger partial charge in [-0.2, -0.15) is 5.26 Å². The molecule has 0 bridgehead atoms. The third-order valence-corrected chi connectivity index (χ3v) is 2.84. The van der Waals surface area contributed by atoms with E-state index in [4.69, 9.17) is 15.4 Å². The minimum absolute atomic E-state index is 0.179. The molecule has 18 heavy (non-hydrogen) atoms. The second-order valence-corrected chi connectivity index (χ2v) is 4.80. The van der Waals surface area contributed by atoms with Crippen LogP contribution < -0.4 is 5.73 Å². The van der Waals surface area contributed by atoms with E-state index in [9.17, 15) is 0 Å². The fourth-order valence-electron chi connectivity index (χ4n) is 1.99. The summed E-state index contributed by atoms with van der Waals surface area (Å²) in [6.45, 7) is 4.39. The summed E-state index contributed by atoms with van der Waals surface area (Å²) in [6.07, 6.45) is 2.59. The molecule has 2 aromatic rings. The molecule has 0 saturated heterocycles. The highest BCUT2D eigenvalue weighted by Crippen LogP contribution is 2.29. The monoisotopic (exact) mass is 240 g/mol. The van der Waals surface area contributed by atoms with Gasteiger partial charge in [0.2, 0.25) is 5.88 Å². The summed E-state index contributed by atoms with van der Waals surface area (Å²) in [4.78, 5) is 0. The smallest absolute Gasteiger partial charge is 0.208 e. The molecule has 0 saturated carbocycles. The first-order valence-electron chi connectivity index (χ1n) is 5.98. The van der Waals surface area contributed by atoms with Crippen LogP contribution in [-0.2, 0) is 6.42 Å². The van der Waals surface area contributed by atoms with Crippen LogP contribution in [0.2, 0.25) is 0 Å². The van der Waals surface area contributed by atoms with Crippen LogP contribution in [-0.4, -0.2) is 0 Å². The van der Waals surface area contributed by atoms with Crippen LogP contribution in [0.4, 0.5) is 5.88 Å². The molecule has 0 atom stereocenters. The number of nitrogens with zero attached hydrogens (tertiary/aromatic N) is 1. The fraction of sp³-hybridized carbons (Fsp3) is 0.267. The van der Waals surface area contributed by atoms with Crippen molar-refractivity contribution in [2.75, 3.05) is 5.73 Å². The Kier molecular flexibility index (Phi) is 3.38. The number of nitrogens with two attached hydrogens (primary N) is 1. The van der Waals surface area contributed by atoms with Crippen LogP contribution in [0.25, 0.3) is 11.1 Å². The lowest BCUT2D eigenvalue weighted by molar-refractivity contribution is 0.588. The van der Waals surface area contributed by atoms with E-state index >= 15 is 0 Å². The molecule has 0 aliphatic carbocycles. The van der Waals surface area contributed by atoms with Crippen molar-refractivity contribution in [3.63, 3.8) is 0 Å². The third-order valence-electron chi connectivity index (χ3n) is 2.84. The Labute approximate surface area is 107 Å². The average molecular weight is 240 g/mol. The molecular weight excluding hydrogens is 224 g/mol. The van der Waals surface area contributed by atoms with Crippen molar-refractivity contribution in [3.05, 3.63) is 41.7 Å². The van der Waals surface area contributed by atoms with Gasteiger partial charge in [0.1, 0.15) is 17.9 Å². The highest BCUT2D eigenvalue weighted by molar-refractivity contribution is 5.74. The van der Waals surface area contributed by atoms with Gasteiger partial charge in [-0.15, -0.1) is 0 Å². The molecule has 0 radical (unpaired) electrons. The summed E-state index contributed by atoms with van der Waals surface area (Å²) < 4.78 is 5.09. The van der Waals surface area contributed by atoms with E-state index in [1.54, 1.807) is 0 Å². The molecule has 2 rings (SSSR count). The first-order valence-corrected chi connectivity index (χ1v) is 5.98. The molecule has 0 unspecified atom stereocenters. The van der Waals surface area contributed by atoms with E-state index in [1.807, 2.05) is 12.1 Å². The van der Waals surface area contributed by atoms with Gasteiger partial charge in [0, 0.05) is 5.56 Å². The van der Waals surface area contributed by atoms with E-state index in [0.29, 0.717) is 11.5 Å². The largest absolute Gasteiger partial charge is 0.447 e. The van der Waals surface area contributed by atoms with Crippen LogP contribution in [0.15, 0.2) is 34.9 Å². The Morgan fingerprint density at radius 1 is 1.28 bits per heavy atom. The lowest BCUT2D eigenvalue weighted by atomic mass is 9.99. The fourth-order valence-corrected chi connectivity index (χ4v) is 1.99. The molecule has 0 fully saturated rings. The zero-order valence-corrected chi connectivity index (χ0v) is 10.6. The first-order chi connectivity index (χ1) is 8.61. The normalized spacial score (nSPS) is 10.6. The van der Waals surface area contributed by atoms with Crippen molar-refractivity contribution >= 4 is 5.88 Å².